The van der Waals surface area contributed by atoms with Crippen LogP contribution in [0.4, 0.5) is 15.8 Å². The van der Waals surface area contributed by atoms with E-state index in [1.165, 1.54) is 43.6 Å². The first-order valence-electron chi connectivity index (χ1n) is 8.86. The molecule has 0 aliphatic heterocycles. The maximum atomic E-state index is 13.3. The van der Waals surface area contributed by atoms with Gasteiger partial charge in [-0.25, -0.2) is 12.8 Å². The summed E-state index contributed by atoms with van der Waals surface area (Å²) in [4.78, 5) is 27.7. The van der Waals surface area contributed by atoms with Crippen molar-refractivity contribution in [1.82, 2.24) is 4.98 Å². The van der Waals surface area contributed by atoms with E-state index in [4.69, 9.17) is 0 Å². The molecule has 0 atom stereocenters. The number of benzene rings is 2. The van der Waals surface area contributed by atoms with E-state index in [9.17, 15) is 22.4 Å². The lowest BCUT2D eigenvalue weighted by molar-refractivity contribution is -0.114. The van der Waals surface area contributed by atoms with Crippen LogP contribution in [-0.2, 0) is 14.8 Å². The van der Waals surface area contributed by atoms with Crippen molar-refractivity contribution in [3.05, 3.63) is 84.4 Å². The molecule has 2 aromatic carbocycles. The largest absolute Gasteiger partial charge is 0.325 e. The number of nitrogens with one attached hydrogen (secondary N) is 1. The minimum atomic E-state index is -4.13. The van der Waals surface area contributed by atoms with E-state index in [2.05, 4.69) is 10.3 Å². The first kappa shape index (κ1) is 21.1. The fraction of sp³-hybridized carbons (Fsp3) is 0.0952. The summed E-state index contributed by atoms with van der Waals surface area (Å²) in [6, 6.07) is 13.8. The van der Waals surface area contributed by atoms with Crippen LogP contribution in [0.2, 0.25) is 0 Å². The highest BCUT2D eigenvalue weighted by Crippen LogP contribution is 2.23. The molecule has 0 saturated carbocycles. The Bertz CT molecular complexity index is 1150. The Morgan fingerprint density at radius 2 is 1.70 bits per heavy atom. The third-order valence-electron chi connectivity index (χ3n) is 4.20. The summed E-state index contributed by atoms with van der Waals surface area (Å²) in [5.41, 5.74) is 1.02. The third-order valence-corrected chi connectivity index (χ3v) is 5.96. The van der Waals surface area contributed by atoms with Gasteiger partial charge in [-0.15, -0.1) is 0 Å². The predicted molar refractivity (Wildman–Crippen MR) is 110 cm³/mol. The minimum Gasteiger partial charge on any atom is -0.325 e. The summed E-state index contributed by atoms with van der Waals surface area (Å²) in [7, 11) is -4.13. The van der Waals surface area contributed by atoms with Gasteiger partial charge >= 0.3 is 0 Å². The molecule has 0 unspecified atom stereocenters. The number of Topliss-reactive ketones (excluding diaryl/α,β-unsaturated/α-hetero) is 1. The van der Waals surface area contributed by atoms with E-state index in [0.717, 1.165) is 16.4 Å². The van der Waals surface area contributed by atoms with Crippen molar-refractivity contribution in [3.63, 3.8) is 0 Å². The zero-order valence-corrected chi connectivity index (χ0v) is 16.8. The summed E-state index contributed by atoms with van der Waals surface area (Å²) in [6.07, 6.45) is 2.60. The first-order chi connectivity index (χ1) is 14.3. The SMILES string of the molecule is CC(=O)c1ccc(NC(=O)CN(c2ccc(F)cc2)S(=O)(=O)c2cccnc2)cc1. The van der Waals surface area contributed by atoms with Crippen LogP contribution in [0, 0.1) is 5.82 Å². The number of hydrogen-bond acceptors (Lipinski definition) is 5. The van der Waals surface area contributed by atoms with E-state index in [0.29, 0.717) is 11.3 Å². The van der Waals surface area contributed by atoms with E-state index < -0.39 is 28.3 Å². The molecule has 1 aromatic heterocycles. The number of anilines is 2. The highest BCUT2D eigenvalue weighted by atomic mass is 32.2. The molecule has 1 amide bonds. The van der Waals surface area contributed by atoms with E-state index in [1.807, 2.05) is 0 Å². The second-order valence-corrected chi connectivity index (χ2v) is 8.22. The summed E-state index contributed by atoms with van der Waals surface area (Å²) >= 11 is 0. The second kappa shape index (κ2) is 8.83. The van der Waals surface area contributed by atoms with Crippen LogP contribution >= 0.6 is 0 Å². The molecule has 9 heteroatoms. The molecule has 0 saturated heterocycles. The average Bonchev–Trinajstić information content (AvgIpc) is 2.74. The zero-order valence-electron chi connectivity index (χ0n) is 15.9. The van der Waals surface area contributed by atoms with Crippen LogP contribution in [-0.4, -0.2) is 31.6 Å². The Labute approximate surface area is 173 Å². The number of carbonyl (C=O) groups excluding carboxylic acids is 2. The van der Waals surface area contributed by atoms with Crippen molar-refractivity contribution < 1.29 is 22.4 Å². The Morgan fingerprint density at radius 1 is 1.03 bits per heavy atom. The van der Waals surface area contributed by atoms with Gasteiger partial charge in [0, 0.05) is 23.6 Å². The number of sulfonamides is 1. The van der Waals surface area contributed by atoms with Gasteiger partial charge in [0.1, 0.15) is 17.3 Å². The fourth-order valence-electron chi connectivity index (χ4n) is 2.67. The first-order valence-corrected chi connectivity index (χ1v) is 10.3. The van der Waals surface area contributed by atoms with Crippen molar-refractivity contribution in [3.8, 4) is 0 Å². The van der Waals surface area contributed by atoms with Gasteiger partial charge in [-0.05, 0) is 67.6 Å². The summed E-state index contributed by atoms with van der Waals surface area (Å²) < 4.78 is 40.4. The lowest BCUT2D eigenvalue weighted by Gasteiger charge is -2.24. The molecule has 1 N–H and O–H groups in total. The number of amides is 1. The maximum absolute atomic E-state index is 13.3. The van der Waals surface area contributed by atoms with Gasteiger partial charge in [0.05, 0.1) is 5.69 Å². The van der Waals surface area contributed by atoms with Gasteiger partial charge < -0.3 is 5.32 Å². The summed E-state index contributed by atoms with van der Waals surface area (Å²) in [5, 5.41) is 2.60. The second-order valence-electron chi connectivity index (χ2n) is 6.36. The standard InChI is InChI=1S/C21H18FN3O4S/c1-15(26)16-4-8-18(9-5-16)24-21(27)14-25(19-10-6-17(22)7-11-19)30(28,29)20-3-2-12-23-13-20/h2-13H,14H2,1H3,(H,24,27). The number of carbonyl (C=O) groups is 2. The van der Waals surface area contributed by atoms with E-state index in [-0.39, 0.29) is 16.4 Å². The molecule has 3 aromatic rings. The molecule has 30 heavy (non-hydrogen) atoms. The zero-order chi connectivity index (χ0) is 21.7. The number of rotatable bonds is 7. The monoisotopic (exact) mass is 427 g/mol. The molecule has 0 aliphatic carbocycles. The van der Waals surface area contributed by atoms with Gasteiger partial charge in [0.2, 0.25) is 5.91 Å². The number of hydrogen-bond donors (Lipinski definition) is 1. The lowest BCUT2D eigenvalue weighted by Crippen LogP contribution is -2.38. The van der Waals surface area contributed by atoms with Gasteiger partial charge in [-0.3, -0.25) is 18.9 Å². The van der Waals surface area contributed by atoms with Crippen LogP contribution in [0.3, 0.4) is 0 Å². The highest BCUT2D eigenvalue weighted by Gasteiger charge is 2.27. The van der Waals surface area contributed by atoms with E-state index in [1.54, 1.807) is 24.3 Å². The lowest BCUT2D eigenvalue weighted by atomic mass is 10.1. The fourth-order valence-corrected chi connectivity index (χ4v) is 4.05. The van der Waals surface area contributed by atoms with Gasteiger partial charge in [-0.2, -0.15) is 0 Å². The quantitative estimate of drug-likeness (QED) is 0.584. The van der Waals surface area contributed by atoms with Gasteiger partial charge in [-0.1, -0.05) is 0 Å². The van der Waals surface area contributed by atoms with Crippen molar-refractivity contribution in [2.75, 3.05) is 16.2 Å². The molecule has 1 heterocycles. The summed E-state index contributed by atoms with van der Waals surface area (Å²) in [5.74, 6) is -1.26. The number of pyridine rings is 1. The number of aromatic nitrogens is 1. The van der Waals surface area contributed by atoms with Crippen molar-refractivity contribution in [2.24, 2.45) is 0 Å². The van der Waals surface area contributed by atoms with Crippen LogP contribution in [0.15, 0.2) is 78.0 Å². The minimum absolute atomic E-state index is 0.104. The molecule has 7 nitrogen and oxygen atoms in total. The molecular formula is C21H18FN3O4S. The molecule has 0 radical (unpaired) electrons. The molecule has 154 valence electrons. The van der Waals surface area contributed by atoms with Crippen molar-refractivity contribution in [2.45, 2.75) is 11.8 Å². The predicted octanol–water partition coefficient (Wildman–Crippen LogP) is 3.26. The van der Waals surface area contributed by atoms with Crippen LogP contribution in [0.1, 0.15) is 17.3 Å². The van der Waals surface area contributed by atoms with Gasteiger partial charge in [0.25, 0.3) is 10.0 Å². The van der Waals surface area contributed by atoms with Gasteiger partial charge in [0.15, 0.2) is 5.78 Å². The van der Waals surface area contributed by atoms with E-state index >= 15 is 0 Å². The van der Waals surface area contributed by atoms with Crippen LogP contribution < -0.4 is 9.62 Å². The van der Waals surface area contributed by atoms with Crippen LogP contribution in [0.25, 0.3) is 0 Å². The number of ketones is 1. The molecule has 0 bridgehead atoms. The molecule has 3 rings (SSSR count). The third kappa shape index (κ3) is 4.87. The smallest absolute Gasteiger partial charge is 0.266 e. The summed E-state index contributed by atoms with van der Waals surface area (Å²) in [6.45, 7) is 0.884. The molecule has 0 spiro atoms. The van der Waals surface area contributed by atoms with Crippen LogP contribution in [0.5, 0.6) is 0 Å². The topological polar surface area (TPSA) is 96.4 Å². The molecule has 0 fully saturated rings. The van der Waals surface area contributed by atoms with Crippen molar-refractivity contribution >= 4 is 33.1 Å². The van der Waals surface area contributed by atoms with Crippen molar-refractivity contribution in [1.29, 1.82) is 0 Å². The molecular weight excluding hydrogens is 409 g/mol. The Morgan fingerprint density at radius 3 is 2.27 bits per heavy atom. The normalized spacial score (nSPS) is 11.0. The average molecular weight is 427 g/mol. The number of nitrogens with zero attached hydrogens (tertiary/aromatic N) is 2. The Balaban J connectivity index is 1.88. The Kier molecular flexibility index (Phi) is 6.22. The molecule has 0 aliphatic rings. The number of halogens is 1. The Hall–Kier alpha value is -3.59. The maximum Gasteiger partial charge on any atom is 0.266 e. The highest BCUT2D eigenvalue weighted by molar-refractivity contribution is 7.92.